The topological polar surface area (TPSA) is 57.2 Å². The number of amides is 1. The molecule has 1 fully saturated rings. The van der Waals surface area contributed by atoms with E-state index in [1.54, 1.807) is 12.1 Å². The fourth-order valence-electron chi connectivity index (χ4n) is 2.76. The van der Waals surface area contributed by atoms with Gasteiger partial charge >= 0.3 is 0 Å². The summed E-state index contributed by atoms with van der Waals surface area (Å²) in [5.41, 5.74) is 0.509. The molecule has 1 aliphatic heterocycles. The largest absolute Gasteiger partial charge is 0.493 e. The Balaban J connectivity index is 2.41. The molecule has 6 nitrogen and oxygen atoms in total. The third-order valence-electron chi connectivity index (χ3n) is 3.81. The molecule has 0 aromatic heterocycles. The fourth-order valence-corrected chi connectivity index (χ4v) is 2.76. The molecular weight excluding hydrogens is 286 g/mol. The molecule has 2 unspecified atom stereocenters. The molecule has 2 atom stereocenters. The number of carbonyl (C=O) groups excluding carboxylic acids is 1. The zero-order chi connectivity index (χ0) is 16.3. The molecule has 0 aliphatic carbocycles. The normalized spacial score (nSPS) is 21.4. The minimum atomic E-state index is -0.0671. The van der Waals surface area contributed by atoms with E-state index in [9.17, 15) is 4.79 Å². The van der Waals surface area contributed by atoms with E-state index in [1.165, 1.54) is 21.3 Å². The van der Waals surface area contributed by atoms with Crippen LogP contribution in [-0.2, 0) is 4.74 Å². The predicted octanol–water partition coefficient (Wildman–Crippen LogP) is 1.96. The summed E-state index contributed by atoms with van der Waals surface area (Å²) in [4.78, 5) is 14.7. The first-order valence-electron chi connectivity index (χ1n) is 7.23. The molecule has 1 aromatic rings. The molecule has 22 heavy (non-hydrogen) atoms. The van der Waals surface area contributed by atoms with Crippen LogP contribution in [0.15, 0.2) is 12.1 Å². The van der Waals surface area contributed by atoms with Crippen molar-refractivity contribution in [3.8, 4) is 17.2 Å². The highest BCUT2D eigenvalue weighted by Gasteiger charge is 2.31. The third-order valence-corrected chi connectivity index (χ3v) is 3.81. The first-order valence-corrected chi connectivity index (χ1v) is 7.23. The molecule has 1 heterocycles. The molecule has 1 amide bonds. The summed E-state index contributed by atoms with van der Waals surface area (Å²) >= 11 is 0. The van der Waals surface area contributed by atoms with E-state index in [0.717, 1.165) is 0 Å². The summed E-state index contributed by atoms with van der Waals surface area (Å²) in [7, 11) is 4.60. The van der Waals surface area contributed by atoms with Gasteiger partial charge in [-0.3, -0.25) is 4.79 Å². The van der Waals surface area contributed by atoms with Crippen LogP contribution in [0.25, 0.3) is 0 Å². The van der Waals surface area contributed by atoms with Gasteiger partial charge in [0.25, 0.3) is 5.91 Å². The van der Waals surface area contributed by atoms with Crippen LogP contribution in [0.4, 0.5) is 0 Å². The molecule has 0 bridgehead atoms. The highest BCUT2D eigenvalue weighted by atomic mass is 16.5. The smallest absolute Gasteiger partial charge is 0.254 e. The lowest BCUT2D eigenvalue weighted by Gasteiger charge is -2.39. The average Bonchev–Trinajstić information content (AvgIpc) is 2.52. The van der Waals surface area contributed by atoms with Crippen LogP contribution in [0.5, 0.6) is 17.2 Å². The fraction of sp³-hybridized carbons (Fsp3) is 0.562. The van der Waals surface area contributed by atoms with Gasteiger partial charge in [0.15, 0.2) is 11.5 Å². The Hall–Kier alpha value is -1.95. The SMILES string of the molecule is COc1cc(C(=O)N2C(C)COCC2C)cc(OC)c1OC. The summed E-state index contributed by atoms with van der Waals surface area (Å²) in [5.74, 6) is 1.35. The Morgan fingerprint density at radius 1 is 1.05 bits per heavy atom. The lowest BCUT2D eigenvalue weighted by molar-refractivity contribution is -0.0249. The Labute approximate surface area is 130 Å². The van der Waals surface area contributed by atoms with Crippen molar-refractivity contribution >= 4 is 5.91 Å². The highest BCUT2D eigenvalue weighted by Crippen LogP contribution is 2.38. The van der Waals surface area contributed by atoms with E-state index in [0.29, 0.717) is 36.0 Å². The second-order valence-electron chi connectivity index (χ2n) is 5.36. The monoisotopic (exact) mass is 309 g/mol. The van der Waals surface area contributed by atoms with E-state index < -0.39 is 0 Å². The summed E-state index contributed by atoms with van der Waals surface area (Å²) in [6, 6.07) is 3.41. The van der Waals surface area contributed by atoms with Crippen molar-refractivity contribution in [1.82, 2.24) is 4.90 Å². The summed E-state index contributed by atoms with van der Waals surface area (Å²) in [6.07, 6.45) is 0. The molecule has 2 rings (SSSR count). The molecule has 0 saturated carbocycles. The van der Waals surface area contributed by atoms with E-state index in [4.69, 9.17) is 18.9 Å². The molecule has 1 saturated heterocycles. The predicted molar refractivity (Wildman–Crippen MR) is 82.0 cm³/mol. The molecule has 1 aromatic carbocycles. The highest BCUT2D eigenvalue weighted by molar-refractivity contribution is 5.96. The molecule has 0 spiro atoms. The molecule has 1 aliphatic rings. The van der Waals surface area contributed by atoms with Crippen LogP contribution in [0.1, 0.15) is 24.2 Å². The molecule has 0 N–H and O–H groups in total. The summed E-state index contributed by atoms with van der Waals surface area (Å²) < 4.78 is 21.4. The van der Waals surface area contributed by atoms with Crippen molar-refractivity contribution in [3.63, 3.8) is 0 Å². The van der Waals surface area contributed by atoms with Crippen molar-refractivity contribution in [2.75, 3.05) is 34.5 Å². The van der Waals surface area contributed by atoms with Gasteiger partial charge in [0.1, 0.15) is 0 Å². The van der Waals surface area contributed by atoms with Gasteiger partial charge in [-0.25, -0.2) is 0 Å². The van der Waals surface area contributed by atoms with Crippen LogP contribution in [-0.4, -0.2) is 57.4 Å². The van der Waals surface area contributed by atoms with Gasteiger partial charge in [-0.2, -0.15) is 0 Å². The zero-order valence-electron chi connectivity index (χ0n) is 13.7. The second kappa shape index (κ2) is 6.87. The maximum Gasteiger partial charge on any atom is 0.254 e. The number of rotatable bonds is 4. The molecule has 122 valence electrons. The van der Waals surface area contributed by atoms with Crippen molar-refractivity contribution in [2.24, 2.45) is 0 Å². The maximum absolute atomic E-state index is 12.9. The van der Waals surface area contributed by atoms with Crippen LogP contribution >= 0.6 is 0 Å². The van der Waals surface area contributed by atoms with Crippen molar-refractivity contribution in [3.05, 3.63) is 17.7 Å². The summed E-state index contributed by atoms with van der Waals surface area (Å²) in [5, 5.41) is 0. The zero-order valence-corrected chi connectivity index (χ0v) is 13.7. The van der Waals surface area contributed by atoms with Gasteiger partial charge in [0.05, 0.1) is 46.6 Å². The molecular formula is C16H23NO5. The van der Waals surface area contributed by atoms with Gasteiger partial charge in [0, 0.05) is 5.56 Å². The lowest BCUT2D eigenvalue weighted by Crippen LogP contribution is -2.52. The Kier molecular flexibility index (Phi) is 5.13. The first kappa shape index (κ1) is 16.4. The number of ether oxygens (including phenoxy) is 4. The number of morpholine rings is 1. The summed E-state index contributed by atoms with van der Waals surface area (Å²) in [6.45, 7) is 5.04. The van der Waals surface area contributed by atoms with Crippen LogP contribution in [0.3, 0.4) is 0 Å². The Bertz CT molecular complexity index is 510. The van der Waals surface area contributed by atoms with Gasteiger partial charge in [-0.15, -0.1) is 0 Å². The number of nitrogens with zero attached hydrogens (tertiary/aromatic N) is 1. The van der Waals surface area contributed by atoms with E-state index >= 15 is 0 Å². The van der Waals surface area contributed by atoms with Gasteiger partial charge in [-0.1, -0.05) is 0 Å². The van der Waals surface area contributed by atoms with Gasteiger partial charge in [0.2, 0.25) is 5.75 Å². The standard InChI is InChI=1S/C16H23NO5/c1-10-8-22-9-11(2)17(10)16(18)12-6-13(19-3)15(21-5)14(7-12)20-4/h6-7,10-11H,8-9H2,1-5H3. The van der Waals surface area contributed by atoms with Gasteiger partial charge in [-0.05, 0) is 26.0 Å². The average molecular weight is 309 g/mol. The maximum atomic E-state index is 12.9. The Morgan fingerprint density at radius 2 is 1.55 bits per heavy atom. The minimum Gasteiger partial charge on any atom is -0.493 e. The van der Waals surface area contributed by atoms with Gasteiger partial charge < -0.3 is 23.8 Å². The second-order valence-corrected chi connectivity index (χ2v) is 5.36. The third kappa shape index (κ3) is 2.97. The van der Waals surface area contributed by atoms with Crippen molar-refractivity contribution < 1.29 is 23.7 Å². The molecule has 6 heteroatoms. The van der Waals surface area contributed by atoms with Crippen molar-refractivity contribution in [1.29, 1.82) is 0 Å². The number of benzene rings is 1. The van der Waals surface area contributed by atoms with Crippen molar-refractivity contribution in [2.45, 2.75) is 25.9 Å². The number of carbonyl (C=O) groups is 1. The molecule has 0 radical (unpaired) electrons. The van der Waals surface area contributed by atoms with Crippen LogP contribution < -0.4 is 14.2 Å². The van der Waals surface area contributed by atoms with E-state index in [-0.39, 0.29) is 18.0 Å². The minimum absolute atomic E-state index is 0.0235. The van der Waals surface area contributed by atoms with E-state index in [2.05, 4.69) is 0 Å². The van der Waals surface area contributed by atoms with Crippen LogP contribution in [0, 0.1) is 0 Å². The quantitative estimate of drug-likeness (QED) is 0.851. The number of hydrogen-bond donors (Lipinski definition) is 0. The number of hydrogen-bond acceptors (Lipinski definition) is 5. The number of methoxy groups -OCH3 is 3. The Morgan fingerprint density at radius 3 is 1.95 bits per heavy atom. The van der Waals surface area contributed by atoms with E-state index in [1.807, 2.05) is 18.7 Å². The van der Waals surface area contributed by atoms with Crippen LogP contribution in [0.2, 0.25) is 0 Å². The first-order chi connectivity index (χ1) is 10.5. The lowest BCUT2D eigenvalue weighted by atomic mass is 10.1.